The first-order chi connectivity index (χ1) is 12.3. The molecule has 1 saturated heterocycles. The molecule has 0 saturated carbocycles. The number of aryl methyl sites for hydroxylation is 1. The normalized spacial score (nSPS) is 21.4. The van der Waals surface area contributed by atoms with Gasteiger partial charge in [-0.25, -0.2) is 0 Å². The highest BCUT2D eigenvalue weighted by Gasteiger charge is 2.35. The summed E-state index contributed by atoms with van der Waals surface area (Å²) >= 11 is 0. The van der Waals surface area contributed by atoms with E-state index in [-0.39, 0.29) is 11.5 Å². The Labute approximate surface area is 158 Å². The molecule has 5 nitrogen and oxygen atoms in total. The summed E-state index contributed by atoms with van der Waals surface area (Å²) in [7, 11) is 3.52. The molecule has 0 bridgehead atoms. The van der Waals surface area contributed by atoms with Crippen LogP contribution in [0.1, 0.15) is 44.7 Å². The second-order valence-electron chi connectivity index (χ2n) is 8.18. The number of aliphatic imine (C=N–C) groups is 1. The summed E-state index contributed by atoms with van der Waals surface area (Å²) in [5.74, 6) is 2.21. The van der Waals surface area contributed by atoms with E-state index in [9.17, 15) is 0 Å². The maximum Gasteiger partial charge on any atom is 0.191 e. The minimum absolute atomic E-state index is 0.152. The third-order valence-corrected chi connectivity index (χ3v) is 4.94. The Morgan fingerprint density at radius 1 is 1.31 bits per heavy atom. The van der Waals surface area contributed by atoms with Crippen molar-refractivity contribution in [3.05, 3.63) is 29.3 Å². The van der Waals surface area contributed by atoms with Gasteiger partial charge in [-0.3, -0.25) is 4.99 Å². The molecule has 146 valence electrons. The molecule has 0 amide bonds. The Morgan fingerprint density at radius 2 is 2.08 bits per heavy atom. The van der Waals surface area contributed by atoms with Crippen LogP contribution in [-0.2, 0) is 11.3 Å². The SMILES string of the molecule is CN=C(NCc1ccc(C)cc1OC)NCC1CCCOC1C(C)(C)C. The van der Waals surface area contributed by atoms with Crippen molar-refractivity contribution in [2.75, 3.05) is 27.3 Å². The van der Waals surface area contributed by atoms with Crippen LogP contribution >= 0.6 is 0 Å². The molecular weight excluding hydrogens is 326 g/mol. The number of guanidine groups is 1. The fraction of sp³-hybridized carbons (Fsp3) is 0.667. The fourth-order valence-electron chi connectivity index (χ4n) is 3.63. The van der Waals surface area contributed by atoms with Gasteiger partial charge in [-0.15, -0.1) is 0 Å². The van der Waals surface area contributed by atoms with Crippen molar-refractivity contribution in [3.8, 4) is 5.75 Å². The number of benzene rings is 1. The number of hydrogen-bond acceptors (Lipinski definition) is 3. The molecule has 2 atom stereocenters. The lowest BCUT2D eigenvalue weighted by molar-refractivity contribution is -0.0835. The van der Waals surface area contributed by atoms with Crippen LogP contribution in [0.15, 0.2) is 23.2 Å². The zero-order chi connectivity index (χ0) is 19.2. The summed E-state index contributed by atoms with van der Waals surface area (Å²) in [5, 5.41) is 6.87. The van der Waals surface area contributed by atoms with Crippen molar-refractivity contribution in [1.82, 2.24) is 10.6 Å². The molecular formula is C21H35N3O2. The number of nitrogens with one attached hydrogen (secondary N) is 2. The van der Waals surface area contributed by atoms with Crippen molar-refractivity contribution in [3.63, 3.8) is 0 Å². The highest BCUT2D eigenvalue weighted by atomic mass is 16.5. The van der Waals surface area contributed by atoms with Gasteiger partial charge < -0.3 is 20.1 Å². The van der Waals surface area contributed by atoms with E-state index in [0.717, 1.165) is 36.8 Å². The van der Waals surface area contributed by atoms with Crippen LogP contribution in [0.4, 0.5) is 0 Å². The van der Waals surface area contributed by atoms with Gasteiger partial charge in [-0.05, 0) is 36.8 Å². The van der Waals surface area contributed by atoms with Crippen LogP contribution in [-0.4, -0.2) is 39.4 Å². The molecule has 2 rings (SSSR count). The summed E-state index contributed by atoms with van der Waals surface area (Å²) in [5.41, 5.74) is 2.46. The highest BCUT2D eigenvalue weighted by Crippen LogP contribution is 2.33. The molecule has 2 unspecified atom stereocenters. The van der Waals surface area contributed by atoms with Crippen LogP contribution in [0.25, 0.3) is 0 Å². The predicted molar refractivity (Wildman–Crippen MR) is 108 cm³/mol. The molecule has 1 aromatic rings. The van der Waals surface area contributed by atoms with Crippen molar-refractivity contribution in [2.45, 2.75) is 53.2 Å². The van der Waals surface area contributed by atoms with E-state index < -0.39 is 0 Å². The van der Waals surface area contributed by atoms with Crippen molar-refractivity contribution < 1.29 is 9.47 Å². The third-order valence-electron chi connectivity index (χ3n) is 4.94. The standard InChI is InChI=1S/C21H35N3O2/c1-15-9-10-16(18(12-15)25-6)13-23-20(22-5)24-14-17-8-7-11-26-19(17)21(2,3)4/h9-10,12,17,19H,7-8,11,13-14H2,1-6H3,(H2,22,23,24). The second kappa shape index (κ2) is 9.26. The summed E-state index contributed by atoms with van der Waals surface area (Å²) in [6, 6.07) is 6.25. The Hall–Kier alpha value is -1.75. The van der Waals surface area contributed by atoms with Gasteiger partial charge >= 0.3 is 0 Å². The summed E-state index contributed by atoms with van der Waals surface area (Å²) in [4.78, 5) is 4.36. The van der Waals surface area contributed by atoms with Gasteiger partial charge in [-0.2, -0.15) is 0 Å². The lowest BCUT2D eigenvalue weighted by atomic mass is 9.78. The van der Waals surface area contributed by atoms with E-state index in [0.29, 0.717) is 12.5 Å². The maximum atomic E-state index is 6.07. The summed E-state index contributed by atoms with van der Waals surface area (Å²) in [6.07, 6.45) is 2.60. The van der Waals surface area contributed by atoms with Crippen molar-refractivity contribution in [1.29, 1.82) is 0 Å². The van der Waals surface area contributed by atoms with Crippen LogP contribution < -0.4 is 15.4 Å². The zero-order valence-electron chi connectivity index (χ0n) is 17.2. The van der Waals surface area contributed by atoms with Crippen LogP contribution in [0.3, 0.4) is 0 Å². The van der Waals surface area contributed by atoms with E-state index in [1.807, 2.05) is 0 Å². The molecule has 0 spiro atoms. The van der Waals surface area contributed by atoms with Crippen LogP contribution in [0.5, 0.6) is 5.75 Å². The largest absolute Gasteiger partial charge is 0.496 e. The van der Waals surface area contributed by atoms with E-state index in [1.54, 1.807) is 14.2 Å². The highest BCUT2D eigenvalue weighted by molar-refractivity contribution is 5.79. The van der Waals surface area contributed by atoms with Gasteiger partial charge in [0.2, 0.25) is 0 Å². The molecule has 1 aliphatic heterocycles. The number of methoxy groups -OCH3 is 1. The van der Waals surface area contributed by atoms with Crippen LogP contribution in [0.2, 0.25) is 0 Å². The van der Waals surface area contributed by atoms with Gasteiger partial charge in [-0.1, -0.05) is 32.9 Å². The minimum Gasteiger partial charge on any atom is -0.496 e. The van der Waals surface area contributed by atoms with E-state index >= 15 is 0 Å². The Bertz CT molecular complexity index is 608. The lowest BCUT2D eigenvalue weighted by Gasteiger charge is -2.40. The summed E-state index contributed by atoms with van der Waals surface area (Å²) < 4.78 is 11.6. The molecule has 1 aromatic carbocycles. The predicted octanol–water partition coefficient (Wildman–Crippen LogP) is 3.51. The van der Waals surface area contributed by atoms with Gasteiger partial charge in [0, 0.05) is 38.2 Å². The second-order valence-corrected chi connectivity index (χ2v) is 8.18. The topological polar surface area (TPSA) is 54.9 Å². The molecule has 26 heavy (non-hydrogen) atoms. The molecule has 2 N–H and O–H groups in total. The molecule has 0 radical (unpaired) electrons. The minimum atomic E-state index is 0.152. The zero-order valence-corrected chi connectivity index (χ0v) is 17.2. The molecule has 0 aromatic heterocycles. The quantitative estimate of drug-likeness (QED) is 0.622. The van der Waals surface area contributed by atoms with E-state index in [2.05, 4.69) is 61.5 Å². The van der Waals surface area contributed by atoms with Crippen LogP contribution in [0, 0.1) is 18.3 Å². The molecule has 1 aliphatic rings. The average Bonchev–Trinajstić information content (AvgIpc) is 2.62. The van der Waals surface area contributed by atoms with Gasteiger partial charge in [0.25, 0.3) is 0 Å². The average molecular weight is 362 g/mol. The molecule has 1 fully saturated rings. The first kappa shape index (κ1) is 20.6. The number of ether oxygens (including phenoxy) is 2. The van der Waals surface area contributed by atoms with E-state index in [1.165, 1.54) is 12.0 Å². The smallest absolute Gasteiger partial charge is 0.191 e. The number of hydrogen-bond donors (Lipinski definition) is 2. The Morgan fingerprint density at radius 3 is 2.73 bits per heavy atom. The maximum absolute atomic E-state index is 6.07. The lowest BCUT2D eigenvalue weighted by Crippen LogP contribution is -2.47. The third kappa shape index (κ3) is 5.63. The summed E-state index contributed by atoms with van der Waals surface area (Å²) in [6.45, 7) is 11.3. The molecule has 5 heteroatoms. The monoisotopic (exact) mass is 361 g/mol. The van der Waals surface area contributed by atoms with Gasteiger partial charge in [0.1, 0.15) is 5.75 Å². The molecule has 0 aliphatic carbocycles. The number of nitrogens with zero attached hydrogens (tertiary/aromatic N) is 1. The van der Waals surface area contributed by atoms with Gasteiger partial charge in [0.15, 0.2) is 5.96 Å². The Balaban J connectivity index is 1.91. The first-order valence-corrected chi connectivity index (χ1v) is 9.54. The fourth-order valence-corrected chi connectivity index (χ4v) is 3.63. The number of rotatable bonds is 5. The Kier molecular flexibility index (Phi) is 7.33. The van der Waals surface area contributed by atoms with Crippen molar-refractivity contribution >= 4 is 5.96 Å². The van der Waals surface area contributed by atoms with Crippen molar-refractivity contribution in [2.24, 2.45) is 16.3 Å². The van der Waals surface area contributed by atoms with Gasteiger partial charge in [0.05, 0.1) is 13.2 Å². The molecule has 1 heterocycles. The van der Waals surface area contributed by atoms with E-state index in [4.69, 9.17) is 9.47 Å². The first-order valence-electron chi connectivity index (χ1n) is 9.54.